The lowest BCUT2D eigenvalue weighted by Gasteiger charge is -2.33. The molecular weight excluding hydrogens is 416 g/mol. The second-order valence-corrected chi connectivity index (χ2v) is 9.67. The van der Waals surface area contributed by atoms with Crippen LogP contribution in [0.5, 0.6) is 0 Å². The van der Waals surface area contributed by atoms with Gasteiger partial charge in [0.1, 0.15) is 5.82 Å². The second-order valence-electron chi connectivity index (χ2n) is 9.67. The standard InChI is InChI=1S/C26H32N4O3/c31-26(18-3-6-21(7-4-18)33-22-8-9-22)30-17-19-2-1-11-27-25(19)28-23-10-5-20(16-24(23)30)29-12-14-32-15-13-29/h1-2,5,10-11,16,18,21-22H,3-4,6-9,12-15,17H2,(H,27,28). The summed E-state index contributed by atoms with van der Waals surface area (Å²) in [5, 5.41) is 3.49. The van der Waals surface area contributed by atoms with Gasteiger partial charge in [-0.05, 0) is 62.8 Å². The highest BCUT2D eigenvalue weighted by Crippen LogP contribution is 2.40. The third-order valence-electron chi connectivity index (χ3n) is 7.32. The van der Waals surface area contributed by atoms with Gasteiger partial charge in [-0.3, -0.25) is 4.79 Å². The molecule has 0 atom stereocenters. The van der Waals surface area contributed by atoms with Crippen LogP contribution in [0.1, 0.15) is 44.1 Å². The Kier molecular flexibility index (Phi) is 5.68. The van der Waals surface area contributed by atoms with E-state index in [1.807, 2.05) is 11.0 Å². The summed E-state index contributed by atoms with van der Waals surface area (Å²) in [5.74, 6) is 1.09. The minimum absolute atomic E-state index is 0.0437. The number of amides is 1. The van der Waals surface area contributed by atoms with E-state index in [4.69, 9.17) is 9.47 Å². The Morgan fingerprint density at radius 3 is 2.55 bits per heavy atom. The fourth-order valence-corrected chi connectivity index (χ4v) is 5.27. The van der Waals surface area contributed by atoms with Crippen LogP contribution < -0.4 is 15.1 Å². The van der Waals surface area contributed by atoms with Gasteiger partial charge in [0.25, 0.3) is 0 Å². The van der Waals surface area contributed by atoms with Crippen molar-refractivity contribution in [3.63, 3.8) is 0 Å². The molecule has 2 saturated carbocycles. The van der Waals surface area contributed by atoms with E-state index in [0.717, 1.165) is 80.4 Å². The molecule has 4 aliphatic rings. The highest BCUT2D eigenvalue weighted by atomic mass is 16.5. The highest BCUT2D eigenvalue weighted by Gasteiger charge is 2.35. The highest BCUT2D eigenvalue weighted by molar-refractivity contribution is 6.00. The molecule has 1 saturated heterocycles. The monoisotopic (exact) mass is 448 g/mol. The summed E-state index contributed by atoms with van der Waals surface area (Å²) in [4.78, 5) is 22.8. The second kappa shape index (κ2) is 8.95. The number of nitrogens with zero attached hydrogens (tertiary/aromatic N) is 3. The summed E-state index contributed by atoms with van der Waals surface area (Å²) >= 11 is 0. The quantitative estimate of drug-likeness (QED) is 0.755. The van der Waals surface area contributed by atoms with Crippen molar-refractivity contribution in [3.05, 3.63) is 42.1 Å². The molecule has 1 aromatic heterocycles. The topological polar surface area (TPSA) is 66.9 Å². The molecule has 0 unspecified atom stereocenters. The summed E-state index contributed by atoms with van der Waals surface area (Å²) in [5.41, 5.74) is 4.06. The molecule has 7 nitrogen and oxygen atoms in total. The predicted molar refractivity (Wildman–Crippen MR) is 128 cm³/mol. The van der Waals surface area contributed by atoms with Crippen molar-refractivity contribution in [2.75, 3.05) is 41.4 Å². The average Bonchev–Trinajstić information content (AvgIpc) is 3.70. The van der Waals surface area contributed by atoms with Gasteiger partial charge in [0, 0.05) is 36.5 Å². The van der Waals surface area contributed by atoms with Crippen molar-refractivity contribution in [2.45, 2.75) is 57.3 Å². The van der Waals surface area contributed by atoms with Crippen LogP contribution in [0.2, 0.25) is 0 Å². The molecule has 174 valence electrons. The summed E-state index contributed by atoms with van der Waals surface area (Å²) in [6.07, 6.45) is 8.79. The van der Waals surface area contributed by atoms with Crippen LogP contribution >= 0.6 is 0 Å². The van der Waals surface area contributed by atoms with E-state index in [0.29, 0.717) is 18.8 Å². The van der Waals surface area contributed by atoms with E-state index in [1.54, 1.807) is 6.20 Å². The van der Waals surface area contributed by atoms with Crippen LogP contribution in [-0.4, -0.2) is 49.4 Å². The fourth-order valence-electron chi connectivity index (χ4n) is 5.27. The lowest BCUT2D eigenvalue weighted by Crippen LogP contribution is -2.39. The number of fused-ring (bicyclic) bond motifs is 2. The molecule has 3 fully saturated rings. The van der Waals surface area contributed by atoms with Crippen molar-refractivity contribution in [1.82, 2.24) is 4.98 Å². The molecule has 1 aromatic carbocycles. The van der Waals surface area contributed by atoms with Crippen LogP contribution in [0, 0.1) is 5.92 Å². The molecule has 0 bridgehead atoms. The number of rotatable bonds is 4. The van der Waals surface area contributed by atoms with Crippen LogP contribution in [0.25, 0.3) is 0 Å². The van der Waals surface area contributed by atoms with E-state index in [-0.39, 0.29) is 11.8 Å². The van der Waals surface area contributed by atoms with Gasteiger partial charge in [-0.15, -0.1) is 0 Å². The van der Waals surface area contributed by atoms with Crippen molar-refractivity contribution in [1.29, 1.82) is 0 Å². The Hall–Kier alpha value is -2.64. The Bertz CT molecular complexity index is 1010. The van der Waals surface area contributed by atoms with Gasteiger partial charge < -0.3 is 24.6 Å². The van der Waals surface area contributed by atoms with Crippen LogP contribution in [-0.2, 0) is 20.8 Å². The molecule has 3 heterocycles. The molecule has 1 N–H and O–H groups in total. The molecule has 6 rings (SSSR count). The summed E-state index contributed by atoms with van der Waals surface area (Å²) in [6, 6.07) is 10.4. The SMILES string of the molecule is O=C(C1CCC(OC2CC2)CC1)N1Cc2cccnc2Nc2ccc(N3CCOCC3)cc21. The molecule has 1 amide bonds. The maximum atomic E-state index is 13.9. The zero-order chi connectivity index (χ0) is 22.2. The van der Waals surface area contributed by atoms with E-state index in [9.17, 15) is 4.79 Å². The minimum atomic E-state index is 0.0437. The third-order valence-corrected chi connectivity index (χ3v) is 7.32. The molecule has 2 aliphatic heterocycles. The first-order valence-electron chi connectivity index (χ1n) is 12.4. The summed E-state index contributed by atoms with van der Waals surface area (Å²) in [7, 11) is 0. The number of aromatic nitrogens is 1. The van der Waals surface area contributed by atoms with E-state index < -0.39 is 0 Å². The molecule has 2 aliphatic carbocycles. The molecule has 0 radical (unpaired) electrons. The van der Waals surface area contributed by atoms with Gasteiger partial charge in [0.15, 0.2) is 0 Å². The van der Waals surface area contributed by atoms with Gasteiger partial charge in [-0.1, -0.05) is 6.07 Å². The predicted octanol–water partition coefficient (Wildman–Crippen LogP) is 4.25. The summed E-state index contributed by atoms with van der Waals surface area (Å²) in [6.45, 7) is 3.74. The van der Waals surface area contributed by atoms with Gasteiger partial charge in [0.2, 0.25) is 5.91 Å². The lowest BCUT2D eigenvalue weighted by atomic mass is 9.86. The van der Waals surface area contributed by atoms with E-state index in [1.165, 1.54) is 12.8 Å². The van der Waals surface area contributed by atoms with Gasteiger partial charge in [-0.2, -0.15) is 0 Å². The zero-order valence-corrected chi connectivity index (χ0v) is 19.0. The average molecular weight is 449 g/mol. The maximum absolute atomic E-state index is 13.9. The van der Waals surface area contributed by atoms with E-state index >= 15 is 0 Å². The Balaban J connectivity index is 1.28. The molecule has 7 heteroatoms. The Morgan fingerprint density at radius 1 is 1.03 bits per heavy atom. The molecule has 2 aromatic rings. The van der Waals surface area contributed by atoms with Crippen molar-refractivity contribution in [2.24, 2.45) is 5.92 Å². The fraction of sp³-hybridized carbons (Fsp3) is 0.538. The first kappa shape index (κ1) is 20.9. The number of carbonyl (C=O) groups is 1. The van der Waals surface area contributed by atoms with Crippen molar-refractivity contribution < 1.29 is 14.3 Å². The van der Waals surface area contributed by atoms with Crippen molar-refractivity contribution in [3.8, 4) is 0 Å². The molecule has 33 heavy (non-hydrogen) atoms. The minimum Gasteiger partial charge on any atom is -0.378 e. The van der Waals surface area contributed by atoms with Crippen LogP contribution in [0.3, 0.4) is 0 Å². The zero-order valence-electron chi connectivity index (χ0n) is 19.0. The number of anilines is 4. The number of hydrogen-bond donors (Lipinski definition) is 1. The molecule has 0 spiro atoms. The number of benzene rings is 1. The number of carbonyl (C=O) groups excluding carboxylic acids is 1. The van der Waals surface area contributed by atoms with Gasteiger partial charge in [0.05, 0.1) is 43.3 Å². The number of morpholine rings is 1. The van der Waals surface area contributed by atoms with E-state index in [2.05, 4.69) is 39.5 Å². The normalized spacial score (nSPS) is 25.0. The first-order chi connectivity index (χ1) is 16.2. The van der Waals surface area contributed by atoms with Crippen LogP contribution in [0.15, 0.2) is 36.5 Å². The Morgan fingerprint density at radius 2 is 1.79 bits per heavy atom. The number of ether oxygens (including phenoxy) is 2. The summed E-state index contributed by atoms with van der Waals surface area (Å²) < 4.78 is 11.7. The van der Waals surface area contributed by atoms with Crippen molar-refractivity contribution >= 4 is 28.8 Å². The number of pyridine rings is 1. The largest absolute Gasteiger partial charge is 0.378 e. The maximum Gasteiger partial charge on any atom is 0.230 e. The number of hydrogen-bond acceptors (Lipinski definition) is 6. The van der Waals surface area contributed by atoms with Gasteiger partial charge in [-0.25, -0.2) is 4.98 Å². The Labute approximate surface area is 195 Å². The first-order valence-corrected chi connectivity index (χ1v) is 12.4. The lowest BCUT2D eigenvalue weighted by molar-refractivity contribution is -0.124. The van der Waals surface area contributed by atoms with Crippen LogP contribution in [0.4, 0.5) is 22.9 Å². The van der Waals surface area contributed by atoms with Gasteiger partial charge >= 0.3 is 0 Å². The smallest absolute Gasteiger partial charge is 0.230 e. The third kappa shape index (κ3) is 4.44. The molecular formula is C26H32N4O3. The number of nitrogens with one attached hydrogen (secondary N) is 1.